The van der Waals surface area contributed by atoms with Gasteiger partial charge in [0.2, 0.25) is 5.75 Å². The highest BCUT2D eigenvalue weighted by atomic mass is 16.6. The van der Waals surface area contributed by atoms with Crippen LogP contribution in [0.2, 0.25) is 0 Å². The second-order valence-electron chi connectivity index (χ2n) is 8.11. The summed E-state index contributed by atoms with van der Waals surface area (Å²) in [6, 6.07) is 21.5. The number of ether oxygens (including phenoxy) is 1. The summed E-state index contributed by atoms with van der Waals surface area (Å²) < 4.78 is 8.14. The van der Waals surface area contributed by atoms with Gasteiger partial charge in [0.15, 0.2) is 0 Å². The van der Waals surface area contributed by atoms with Crippen LogP contribution in [-0.2, 0) is 32.7 Å². The third kappa shape index (κ3) is 3.87. The third-order valence-electron chi connectivity index (χ3n) is 5.96. The van der Waals surface area contributed by atoms with Gasteiger partial charge in [0.05, 0.1) is 10.6 Å². The van der Waals surface area contributed by atoms with Gasteiger partial charge in [0.25, 0.3) is 0 Å². The molecule has 4 aliphatic carbocycles. The van der Waals surface area contributed by atoms with Crippen molar-refractivity contribution in [3.8, 4) is 22.8 Å². The lowest BCUT2D eigenvalue weighted by molar-refractivity contribution is -0.385. The van der Waals surface area contributed by atoms with E-state index in [0.29, 0.717) is 5.75 Å². The normalized spacial score (nSPS) is 12.9. The van der Waals surface area contributed by atoms with Crippen molar-refractivity contribution in [3.63, 3.8) is 0 Å². The molecule has 0 saturated heterocycles. The predicted octanol–water partition coefficient (Wildman–Crippen LogP) is 5.67. The van der Waals surface area contributed by atoms with Crippen molar-refractivity contribution in [1.29, 1.82) is 0 Å². The number of aryl methyl sites for hydroxylation is 5. The third-order valence-corrected chi connectivity index (χ3v) is 5.96. The number of hydrogen-bond donors (Lipinski definition) is 0. The van der Waals surface area contributed by atoms with Gasteiger partial charge in [-0.05, 0) is 60.1 Å². The minimum atomic E-state index is -0.404. The fourth-order valence-electron chi connectivity index (χ4n) is 4.25. The molecule has 160 valence electrons. The molecule has 8 rings (SSSR count). The van der Waals surface area contributed by atoms with Crippen LogP contribution in [0.4, 0.5) is 5.69 Å². The van der Waals surface area contributed by atoms with Crippen LogP contribution in [0.3, 0.4) is 0 Å². The van der Waals surface area contributed by atoms with Crippen molar-refractivity contribution < 1.29 is 9.66 Å². The van der Waals surface area contributed by atoms with Crippen LogP contribution in [0.5, 0.6) is 11.5 Å². The number of aromatic nitrogens is 2. The highest BCUT2D eigenvalue weighted by Gasteiger charge is 2.23. The van der Waals surface area contributed by atoms with Crippen molar-refractivity contribution in [3.05, 3.63) is 105 Å². The molecule has 0 radical (unpaired) electrons. The molecule has 1 aromatic heterocycles. The first-order chi connectivity index (χ1) is 15.6. The number of benzene rings is 3. The predicted molar refractivity (Wildman–Crippen MR) is 123 cm³/mol. The minimum absolute atomic E-state index is 0.0493. The molecule has 4 bridgehead atoms. The fraction of sp³-hybridized carbons (Fsp3) is 0.192. The van der Waals surface area contributed by atoms with E-state index in [-0.39, 0.29) is 11.4 Å². The summed E-state index contributed by atoms with van der Waals surface area (Å²) in [5, 5.41) is 16.3. The lowest BCUT2D eigenvalue weighted by Gasteiger charge is -2.19. The molecule has 3 aromatic carbocycles. The van der Waals surface area contributed by atoms with E-state index in [0.717, 1.165) is 48.1 Å². The Morgan fingerprint density at radius 2 is 1.53 bits per heavy atom. The standard InChI is InChI=1S/C26H23N3O3/c1-28-17-16-22(27-28)25-20-12-10-18-6-8-19(9-7-18)11-13-21(15-14-20)26(25)32-24-5-3-2-4-23(24)29(30)31/h2-9,14-17H,10-13H2,1H3. The number of hydrogen-bond acceptors (Lipinski definition) is 4. The summed E-state index contributed by atoms with van der Waals surface area (Å²) in [6.45, 7) is 0. The van der Waals surface area contributed by atoms with Crippen LogP contribution in [0.15, 0.2) is 72.9 Å². The highest BCUT2D eigenvalue weighted by Crippen LogP contribution is 2.42. The van der Waals surface area contributed by atoms with Gasteiger partial charge >= 0.3 is 5.69 Å². The second-order valence-corrected chi connectivity index (χ2v) is 8.11. The first-order valence-corrected chi connectivity index (χ1v) is 10.7. The molecule has 0 amide bonds. The Kier molecular flexibility index (Phi) is 5.19. The summed E-state index contributed by atoms with van der Waals surface area (Å²) in [4.78, 5) is 11.2. The van der Waals surface area contributed by atoms with Crippen molar-refractivity contribution in [2.24, 2.45) is 7.05 Å². The molecule has 0 fully saturated rings. The Hall–Kier alpha value is -3.93. The van der Waals surface area contributed by atoms with Crippen molar-refractivity contribution in [1.82, 2.24) is 9.78 Å². The van der Waals surface area contributed by atoms with E-state index < -0.39 is 4.92 Å². The molecule has 4 aromatic rings. The summed E-state index contributed by atoms with van der Waals surface area (Å²) in [5.74, 6) is 0.897. The fourth-order valence-corrected chi connectivity index (χ4v) is 4.25. The molecule has 6 nitrogen and oxygen atoms in total. The molecule has 4 aliphatic rings. The van der Waals surface area contributed by atoms with Crippen LogP contribution < -0.4 is 4.74 Å². The largest absolute Gasteiger partial charge is 0.449 e. The van der Waals surface area contributed by atoms with Gasteiger partial charge in [0, 0.05) is 24.9 Å². The molecule has 0 saturated carbocycles. The number of para-hydroxylation sites is 2. The van der Waals surface area contributed by atoms with E-state index in [1.807, 2.05) is 19.3 Å². The van der Waals surface area contributed by atoms with Crippen LogP contribution >= 0.6 is 0 Å². The zero-order chi connectivity index (χ0) is 22.1. The van der Waals surface area contributed by atoms with Crippen molar-refractivity contribution >= 4 is 5.69 Å². The average molecular weight is 425 g/mol. The molecule has 0 spiro atoms. The van der Waals surface area contributed by atoms with E-state index in [1.54, 1.807) is 22.9 Å². The van der Waals surface area contributed by atoms with Crippen LogP contribution in [0.25, 0.3) is 11.3 Å². The van der Waals surface area contributed by atoms with Gasteiger partial charge in [-0.15, -0.1) is 0 Å². The number of nitro groups is 1. The molecule has 32 heavy (non-hydrogen) atoms. The van der Waals surface area contributed by atoms with Crippen molar-refractivity contribution in [2.75, 3.05) is 0 Å². The summed E-state index contributed by atoms with van der Waals surface area (Å²) in [5.41, 5.74) is 6.34. The SMILES string of the molecule is Cn1ccc(-c2c3ccc(c2Oc2ccccc2[N+](=O)[O-])CCc2ccc(cc2)CC3)n1. The molecule has 6 heteroatoms. The lowest BCUT2D eigenvalue weighted by Crippen LogP contribution is -2.05. The molecule has 1 heterocycles. The molecule has 0 unspecified atom stereocenters. The van der Waals surface area contributed by atoms with E-state index in [1.165, 1.54) is 17.2 Å². The molecular formula is C26H23N3O3. The van der Waals surface area contributed by atoms with Gasteiger partial charge in [0.1, 0.15) is 5.75 Å². The van der Waals surface area contributed by atoms with Gasteiger partial charge in [-0.3, -0.25) is 14.8 Å². The zero-order valence-electron chi connectivity index (χ0n) is 17.8. The van der Waals surface area contributed by atoms with E-state index >= 15 is 0 Å². The number of nitrogens with zero attached hydrogens (tertiary/aromatic N) is 3. The Labute approximate surface area is 186 Å². The topological polar surface area (TPSA) is 70.2 Å². The van der Waals surface area contributed by atoms with E-state index in [9.17, 15) is 10.1 Å². The summed E-state index contributed by atoms with van der Waals surface area (Å²) >= 11 is 0. The van der Waals surface area contributed by atoms with Crippen LogP contribution in [0, 0.1) is 10.1 Å². The van der Waals surface area contributed by atoms with Gasteiger partial charge in [-0.1, -0.05) is 48.5 Å². The maximum absolute atomic E-state index is 11.6. The molecular weight excluding hydrogens is 402 g/mol. The second kappa shape index (κ2) is 8.30. The maximum Gasteiger partial charge on any atom is 0.311 e. The van der Waals surface area contributed by atoms with Crippen LogP contribution in [-0.4, -0.2) is 14.7 Å². The van der Waals surface area contributed by atoms with Crippen LogP contribution in [0.1, 0.15) is 22.3 Å². The van der Waals surface area contributed by atoms with Gasteiger partial charge in [-0.2, -0.15) is 5.10 Å². The average Bonchev–Trinajstić information content (AvgIpc) is 3.22. The summed E-state index contributed by atoms with van der Waals surface area (Å²) in [6.07, 6.45) is 5.23. The Bertz CT molecular complexity index is 1290. The first-order valence-electron chi connectivity index (χ1n) is 10.7. The number of nitro benzene ring substituents is 1. The Balaban J connectivity index is 1.69. The van der Waals surface area contributed by atoms with E-state index in [4.69, 9.17) is 4.74 Å². The maximum atomic E-state index is 11.6. The minimum Gasteiger partial charge on any atom is -0.449 e. The molecule has 0 N–H and O–H groups in total. The summed E-state index contributed by atoms with van der Waals surface area (Å²) in [7, 11) is 1.88. The number of rotatable bonds is 4. The van der Waals surface area contributed by atoms with Crippen molar-refractivity contribution in [2.45, 2.75) is 25.7 Å². The quantitative estimate of drug-likeness (QED) is 0.312. The zero-order valence-corrected chi connectivity index (χ0v) is 17.8. The first kappa shape index (κ1) is 20.0. The monoisotopic (exact) mass is 425 g/mol. The Morgan fingerprint density at radius 3 is 2.19 bits per heavy atom. The lowest BCUT2D eigenvalue weighted by atomic mass is 9.91. The van der Waals surface area contributed by atoms with Gasteiger partial charge in [-0.25, -0.2) is 0 Å². The Morgan fingerprint density at radius 1 is 0.875 bits per heavy atom. The van der Waals surface area contributed by atoms with Gasteiger partial charge < -0.3 is 4.74 Å². The molecule has 0 atom stereocenters. The smallest absolute Gasteiger partial charge is 0.311 e. The molecule has 0 aliphatic heterocycles. The highest BCUT2D eigenvalue weighted by molar-refractivity contribution is 5.74. The van der Waals surface area contributed by atoms with E-state index in [2.05, 4.69) is 41.5 Å².